The van der Waals surface area contributed by atoms with E-state index in [1.807, 2.05) is 18.7 Å². The first-order valence-electron chi connectivity index (χ1n) is 5.67. The molecule has 0 unspecified atom stereocenters. The molecule has 1 rings (SSSR count). The van der Waals surface area contributed by atoms with Crippen molar-refractivity contribution in [2.45, 2.75) is 45.6 Å². The van der Waals surface area contributed by atoms with E-state index < -0.39 is 0 Å². The average Bonchev–Trinajstić information content (AvgIpc) is 2.69. The van der Waals surface area contributed by atoms with Gasteiger partial charge in [-0.25, -0.2) is 0 Å². The van der Waals surface area contributed by atoms with Crippen LogP contribution in [-0.4, -0.2) is 36.6 Å². The standard InChI is InChI=1S/C11H21NO2/c1-3-12(4-2)11(13)8-7-10-6-5-9-14-10/h10H,3-9H2,1-2H3/t10-/m1/s1. The van der Waals surface area contributed by atoms with Crippen LogP contribution in [0.1, 0.15) is 39.5 Å². The molecule has 1 aliphatic rings. The SMILES string of the molecule is CCN(CC)C(=O)CC[C@H]1CCCO1. The predicted octanol–water partition coefficient (Wildman–Crippen LogP) is 1.81. The second-order valence-electron chi connectivity index (χ2n) is 3.74. The van der Waals surface area contributed by atoms with Gasteiger partial charge in [0.05, 0.1) is 6.10 Å². The van der Waals surface area contributed by atoms with Crippen LogP contribution in [0.25, 0.3) is 0 Å². The summed E-state index contributed by atoms with van der Waals surface area (Å²) in [5.41, 5.74) is 0. The van der Waals surface area contributed by atoms with Gasteiger partial charge in [0.1, 0.15) is 0 Å². The molecule has 1 amide bonds. The molecule has 1 fully saturated rings. The molecule has 0 aliphatic carbocycles. The number of hydrogen-bond acceptors (Lipinski definition) is 2. The second-order valence-corrected chi connectivity index (χ2v) is 3.74. The van der Waals surface area contributed by atoms with E-state index in [9.17, 15) is 4.79 Å². The molecule has 0 saturated carbocycles. The maximum atomic E-state index is 11.6. The van der Waals surface area contributed by atoms with Crippen LogP contribution < -0.4 is 0 Å². The van der Waals surface area contributed by atoms with Gasteiger partial charge in [0, 0.05) is 26.1 Å². The van der Waals surface area contributed by atoms with Crippen molar-refractivity contribution in [3.63, 3.8) is 0 Å². The zero-order valence-corrected chi connectivity index (χ0v) is 9.29. The van der Waals surface area contributed by atoms with E-state index in [4.69, 9.17) is 4.74 Å². The molecule has 0 radical (unpaired) electrons. The van der Waals surface area contributed by atoms with E-state index in [1.54, 1.807) is 0 Å². The highest BCUT2D eigenvalue weighted by Gasteiger charge is 2.18. The van der Waals surface area contributed by atoms with Gasteiger partial charge in [-0.15, -0.1) is 0 Å². The Morgan fingerprint density at radius 1 is 1.43 bits per heavy atom. The highest BCUT2D eigenvalue weighted by Crippen LogP contribution is 2.17. The van der Waals surface area contributed by atoms with Crippen molar-refractivity contribution >= 4 is 5.91 Å². The van der Waals surface area contributed by atoms with Crippen molar-refractivity contribution in [2.24, 2.45) is 0 Å². The van der Waals surface area contributed by atoms with Gasteiger partial charge < -0.3 is 9.64 Å². The Hall–Kier alpha value is -0.570. The molecule has 0 aromatic carbocycles. The summed E-state index contributed by atoms with van der Waals surface area (Å²) in [6, 6.07) is 0. The molecule has 82 valence electrons. The van der Waals surface area contributed by atoms with Gasteiger partial charge in [0.15, 0.2) is 0 Å². The number of rotatable bonds is 5. The van der Waals surface area contributed by atoms with E-state index in [0.717, 1.165) is 39.0 Å². The maximum absolute atomic E-state index is 11.6. The molecule has 1 saturated heterocycles. The topological polar surface area (TPSA) is 29.5 Å². The lowest BCUT2D eigenvalue weighted by Crippen LogP contribution is -2.30. The molecule has 0 spiro atoms. The van der Waals surface area contributed by atoms with Gasteiger partial charge in [-0.05, 0) is 33.1 Å². The first-order chi connectivity index (χ1) is 6.77. The lowest BCUT2D eigenvalue weighted by Gasteiger charge is -2.19. The van der Waals surface area contributed by atoms with E-state index in [1.165, 1.54) is 0 Å². The van der Waals surface area contributed by atoms with Gasteiger partial charge >= 0.3 is 0 Å². The first kappa shape index (κ1) is 11.5. The number of carbonyl (C=O) groups excluding carboxylic acids is 1. The fraction of sp³-hybridized carbons (Fsp3) is 0.909. The number of carbonyl (C=O) groups is 1. The van der Waals surface area contributed by atoms with Crippen LogP contribution in [-0.2, 0) is 9.53 Å². The lowest BCUT2D eigenvalue weighted by molar-refractivity contribution is -0.131. The normalized spacial score (nSPS) is 21.1. The molecule has 1 heterocycles. The molecule has 3 heteroatoms. The first-order valence-corrected chi connectivity index (χ1v) is 5.67. The number of nitrogens with zero attached hydrogens (tertiary/aromatic N) is 1. The van der Waals surface area contributed by atoms with Crippen LogP contribution >= 0.6 is 0 Å². The summed E-state index contributed by atoms with van der Waals surface area (Å²) in [5, 5.41) is 0. The third-order valence-electron chi connectivity index (χ3n) is 2.82. The molecular formula is C11H21NO2. The molecule has 1 atom stereocenters. The monoisotopic (exact) mass is 199 g/mol. The van der Waals surface area contributed by atoms with Gasteiger partial charge in [-0.2, -0.15) is 0 Å². The van der Waals surface area contributed by atoms with Crippen LogP contribution in [0.15, 0.2) is 0 Å². The third kappa shape index (κ3) is 3.29. The summed E-state index contributed by atoms with van der Waals surface area (Å²) >= 11 is 0. The van der Waals surface area contributed by atoms with Crippen molar-refractivity contribution in [1.29, 1.82) is 0 Å². The van der Waals surface area contributed by atoms with Gasteiger partial charge in [0.25, 0.3) is 0 Å². The summed E-state index contributed by atoms with van der Waals surface area (Å²) in [5.74, 6) is 0.269. The van der Waals surface area contributed by atoms with Crippen molar-refractivity contribution in [2.75, 3.05) is 19.7 Å². The van der Waals surface area contributed by atoms with Crippen molar-refractivity contribution < 1.29 is 9.53 Å². The molecule has 0 bridgehead atoms. The van der Waals surface area contributed by atoms with E-state index in [0.29, 0.717) is 12.5 Å². The van der Waals surface area contributed by atoms with Gasteiger partial charge in [0.2, 0.25) is 5.91 Å². The predicted molar refractivity (Wildman–Crippen MR) is 56.1 cm³/mol. The Labute approximate surface area is 86.4 Å². The van der Waals surface area contributed by atoms with Gasteiger partial charge in [-0.1, -0.05) is 0 Å². The van der Waals surface area contributed by atoms with E-state index >= 15 is 0 Å². The summed E-state index contributed by atoms with van der Waals surface area (Å²) < 4.78 is 5.48. The minimum absolute atomic E-state index is 0.269. The fourth-order valence-corrected chi connectivity index (χ4v) is 1.89. The van der Waals surface area contributed by atoms with Gasteiger partial charge in [-0.3, -0.25) is 4.79 Å². The number of hydrogen-bond donors (Lipinski definition) is 0. The Morgan fingerprint density at radius 3 is 2.64 bits per heavy atom. The highest BCUT2D eigenvalue weighted by molar-refractivity contribution is 5.76. The Balaban J connectivity index is 2.18. The zero-order valence-electron chi connectivity index (χ0n) is 9.29. The van der Waals surface area contributed by atoms with Crippen LogP contribution in [0.3, 0.4) is 0 Å². The summed E-state index contributed by atoms with van der Waals surface area (Å²) in [7, 11) is 0. The lowest BCUT2D eigenvalue weighted by atomic mass is 10.1. The highest BCUT2D eigenvalue weighted by atomic mass is 16.5. The van der Waals surface area contributed by atoms with Crippen LogP contribution in [0.5, 0.6) is 0 Å². The van der Waals surface area contributed by atoms with Crippen LogP contribution in [0.2, 0.25) is 0 Å². The third-order valence-corrected chi connectivity index (χ3v) is 2.82. The second kappa shape index (κ2) is 6.02. The average molecular weight is 199 g/mol. The van der Waals surface area contributed by atoms with Crippen LogP contribution in [0.4, 0.5) is 0 Å². The van der Waals surface area contributed by atoms with Crippen molar-refractivity contribution in [3.8, 4) is 0 Å². The smallest absolute Gasteiger partial charge is 0.222 e. The van der Waals surface area contributed by atoms with E-state index in [-0.39, 0.29) is 5.91 Å². The summed E-state index contributed by atoms with van der Waals surface area (Å²) in [6.45, 7) is 6.56. The molecule has 0 aromatic rings. The molecule has 0 aromatic heterocycles. The maximum Gasteiger partial charge on any atom is 0.222 e. The fourth-order valence-electron chi connectivity index (χ4n) is 1.89. The van der Waals surface area contributed by atoms with Crippen molar-refractivity contribution in [3.05, 3.63) is 0 Å². The summed E-state index contributed by atoms with van der Waals surface area (Å²) in [4.78, 5) is 13.5. The molecular weight excluding hydrogens is 178 g/mol. The molecule has 1 aliphatic heterocycles. The Morgan fingerprint density at radius 2 is 2.14 bits per heavy atom. The molecule has 14 heavy (non-hydrogen) atoms. The molecule has 0 N–H and O–H groups in total. The quantitative estimate of drug-likeness (QED) is 0.676. The summed E-state index contributed by atoms with van der Waals surface area (Å²) in [6.07, 6.45) is 4.17. The zero-order chi connectivity index (χ0) is 10.4. The Kier molecular flexibility index (Phi) is 4.94. The minimum Gasteiger partial charge on any atom is -0.378 e. The Bertz CT molecular complexity index is 172. The largest absolute Gasteiger partial charge is 0.378 e. The van der Waals surface area contributed by atoms with Crippen molar-refractivity contribution in [1.82, 2.24) is 4.90 Å². The number of ether oxygens (including phenoxy) is 1. The number of amides is 1. The molecule has 3 nitrogen and oxygen atoms in total. The van der Waals surface area contributed by atoms with Crippen LogP contribution in [0, 0.1) is 0 Å². The minimum atomic E-state index is 0.269. The van der Waals surface area contributed by atoms with E-state index in [2.05, 4.69) is 0 Å².